The van der Waals surface area contributed by atoms with Gasteiger partial charge in [0.15, 0.2) is 16.4 Å². The number of nitrogens with zero attached hydrogens (tertiary/aromatic N) is 2. The van der Waals surface area contributed by atoms with Gasteiger partial charge in [0, 0.05) is 30.2 Å². The van der Waals surface area contributed by atoms with Crippen molar-refractivity contribution < 1.29 is 22.8 Å². The third-order valence-corrected chi connectivity index (χ3v) is 7.41. The van der Waals surface area contributed by atoms with Crippen LogP contribution in [-0.4, -0.2) is 57.1 Å². The van der Waals surface area contributed by atoms with Crippen molar-refractivity contribution in [3.63, 3.8) is 0 Å². The molecule has 172 valence electrons. The first-order valence-corrected chi connectivity index (χ1v) is 12.2. The number of rotatable bonds is 7. The highest BCUT2D eigenvalue weighted by Gasteiger charge is 2.29. The van der Waals surface area contributed by atoms with E-state index in [2.05, 4.69) is 9.62 Å². The summed E-state index contributed by atoms with van der Waals surface area (Å²) in [4.78, 5) is 12.4. The van der Waals surface area contributed by atoms with Crippen molar-refractivity contribution in [3.8, 4) is 11.5 Å². The van der Waals surface area contributed by atoms with E-state index in [1.54, 1.807) is 18.2 Å². The molecule has 0 aromatic heterocycles. The molecule has 11 heteroatoms. The Morgan fingerprint density at radius 2 is 1.91 bits per heavy atom. The third kappa shape index (κ3) is 5.32. The molecule has 1 atom stereocenters. The normalized spacial score (nSPS) is 19.6. The number of hydrogen-bond acceptors (Lipinski definition) is 7. The minimum atomic E-state index is -3.96. The van der Waals surface area contributed by atoms with E-state index in [-0.39, 0.29) is 23.5 Å². The summed E-state index contributed by atoms with van der Waals surface area (Å²) >= 11 is 6.03. The summed E-state index contributed by atoms with van der Waals surface area (Å²) in [7, 11) is -3.96. The Morgan fingerprint density at radius 3 is 2.66 bits per heavy atom. The molecule has 0 amide bonds. The lowest BCUT2D eigenvalue weighted by atomic mass is 9.97. The van der Waals surface area contributed by atoms with Crippen LogP contribution in [0.2, 0.25) is 5.02 Å². The van der Waals surface area contributed by atoms with Gasteiger partial charge in [0.2, 0.25) is 10.0 Å². The van der Waals surface area contributed by atoms with E-state index in [9.17, 15) is 18.5 Å². The zero-order valence-electron chi connectivity index (χ0n) is 17.3. The molecule has 1 fully saturated rings. The fourth-order valence-electron chi connectivity index (χ4n) is 3.98. The Balaban J connectivity index is 1.26. The lowest BCUT2D eigenvalue weighted by Crippen LogP contribution is -2.45. The van der Waals surface area contributed by atoms with E-state index in [0.29, 0.717) is 29.7 Å². The minimum Gasteiger partial charge on any atom is -0.486 e. The number of benzene rings is 2. The van der Waals surface area contributed by atoms with Gasteiger partial charge in [0.25, 0.3) is 5.69 Å². The van der Waals surface area contributed by atoms with Crippen LogP contribution in [-0.2, 0) is 10.0 Å². The van der Waals surface area contributed by atoms with E-state index in [0.717, 1.165) is 25.9 Å². The lowest BCUT2D eigenvalue weighted by molar-refractivity contribution is -0.387. The predicted octanol–water partition coefficient (Wildman–Crippen LogP) is 3.08. The van der Waals surface area contributed by atoms with Gasteiger partial charge >= 0.3 is 0 Å². The first-order valence-electron chi connectivity index (χ1n) is 10.4. The third-order valence-electron chi connectivity index (χ3n) is 5.71. The summed E-state index contributed by atoms with van der Waals surface area (Å²) in [5.41, 5.74) is -0.424. The molecule has 0 aliphatic carbocycles. The van der Waals surface area contributed by atoms with Crippen molar-refractivity contribution in [2.24, 2.45) is 5.92 Å². The maximum Gasteiger partial charge on any atom is 0.289 e. The van der Waals surface area contributed by atoms with E-state index in [1.807, 2.05) is 0 Å². The maximum atomic E-state index is 12.6. The van der Waals surface area contributed by atoms with E-state index in [4.69, 9.17) is 21.1 Å². The molecule has 2 aliphatic rings. The second kappa shape index (κ2) is 9.62. The van der Waals surface area contributed by atoms with Crippen LogP contribution in [0.15, 0.2) is 47.4 Å². The van der Waals surface area contributed by atoms with Crippen LogP contribution < -0.4 is 14.2 Å². The summed E-state index contributed by atoms with van der Waals surface area (Å²) in [6.45, 7) is 3.03. The molecule has 0 unspecified atom stereocenters. The Morgan fingerprint density at radius 1 is 1.16 bits per heavy atom. The number of likely N-dealkylation sites (tertiary alicyclic amines) is 1. The second-order valence-corrected chi connectivity index (χ2v) is 10.1. The summed E-state index contributed by atoms with van der Waals surface area (Å²) in [5.74, 6) is 1.50. The van der Waals surface area contributed by atoms with Gasteiger partial charge in [-0.1, -0.05) is 23.7 Å². The maximum absolute atomic E-state index is 12.6. The number of halogens is 1. The van der Waals surface area contributed by atoms with Crippen LogP contribution in [0, 0.1) is 16.0 Å². The van der Waals surface area contributed by atoms with Crippen LogP contribution in [0.25, 0.3) is 0 Å². The van der Waals surface area contributed by atoms with Crippen molar-refractivity contribution in [2.45, 2.75) is 23.8 Å². The molecule has 0 radical (unpaired) electrons. The molecule has 2 aliphatic heterocycles. The molecule has 4 rings (SSSR count). The summed E-state index contributed by atoms with van der Waals surface area (Å²) in [5, 5.41) is 11.7. The van der Waals surface area contributed by atoms with Gasteiger partial charge in [-0.3, -0.25) is 15.0 Å². The van der Waals surface area contributed by atoms with Crippen LogP contribution in [0.1, 0.15) is 12.8 Å². The van der Waals surface area contributed by atoms with Crippen LogP contribution in [0.4, 0.5) is 5.69 Å². The summed E-state index contributed by atoms with van der Waals surface area (Å²) in [6, 6.07) is 10.7. The minimum absolute atomic E-state index is 0.102. The van der Waals surface area contributed by atoms with E-state index < -0.39 is 20.6 Å². The lowest BCUT2D eigenvalue weighted by Gasteiger charge is -2.35. The molecule has 2 heterocycles. The van der Waals surface area contributed by atoms with Gasteiger partial charge < -0.3 is 9.47 Å². The smallest absolute Gasteiger partial charge is 0.289 e. The number of fused-ring (bicyclic) bond motifs is 1. The molecule has 2 aromatic carbocycles. The SMILES string of the molecule is O=[N+]([O-])c1ccccc1S(=O)(=O)NCC1CCN(C[C@H]2COc3ccc(Cl)cc3O2)CC1. The number of sulfonamides is 1. The molecule has 0 bridgehead atoms. The van der Waals surface area contributed by atoms with Gasteiger partial charge in [-0.15, -0.1) is 0 Å². The van der Waals surface area contributed by atoms with Crippen LogP contribution in [0.5, 0.6) is 11.5 Å². The second-order valence-electron chi connectivity index (χ2n) is 7.96. The molecule has 0 spiro atoms. The van der Waals surface area contributed by atoms with E-state index >= 15 is 0 Å². The molecular formula is C21H24ClN3O6S. The molecule has 2 aromatic rings. The zero-order chi connectivity index (χ0) is 22.7. The highest BCUT2D eigenvalue weighted by Crippen LogP contribution is 2.34. The van der Waals surface area contributed by atoms with Crippen molar-refractivity contribution in [3.05, 3.63) is 57.6 Å². The highest BCUT2D eigenvalue weighted by atomic mass is 35.5. The molecule has 0 saturated carbocycles. The van der Waals surface area contributed by atoms with Crippen molar-refractivity contribution >= 4 is 27.3 Å². The standard InChI is InChI=1S/C21H24ClN3O6S/c22-16-5-6-19-20(11-16)31-17(14-30-19)13-24-9-7-15(8-10-24)12-23-32(28,29)21-4-2-1-3-18(21)25(26)27/h1-6,11,15,17,23H,7-10,12-14H2/t17-/m0/s1. The largest absolute Gasteiger partial charge is 0.486 e. The van der Waals surface area contributed by atoms with Gasteiger partial charge in [-0.05, 0) is 50.0 Å². The molecule has 9 nitrogen and oxygen atoms in total. The quantitative estimate of drug-likeness (QED) is 0.477. The summed E-state index contributed by atoms with van der Waals surface area (Å²) < 4.78 is 39.5. The molecule has 1 N–H and O–H groups in total. The fraction of sp³-hybridized carbons (Fsp3) is 0.429. The van der Waals surface area contributed by atoms with Gasteiger partial charge in [-0.2, -0.15) is 0 Å². The monoisotopic (exact) mass is 481 g/mol. The first-order chi connectivity index (χ1) is 15.3. The number of piperidine rings is 1. The number of hydrogen-bond donors (Lipinski definition) is 1. The van der Waals surface area contributed by atoms with Crippen LogP contribution in [0.3, 0.4) is 0 Å². The Bertz CT molecular complexity index is 1090. The number of nitro benzene ring substituents is 1. The topological polar surface area (TPSA) is 111 Å². The number of nitrogens with one attached hydrogen (secondary N) is 1. The Kier molecular flexibility index (Phi) is 6.85. The Hall–Kier alpha value is -2.40. The Labute approximate surface area is 191 Å². The molecular weight excluding hydrogens is 458 g/mol. The van der Waals surface area contributed by atoms with Gasteiger partial charge in [0.05, 0.1) is 4.92 Å². The number of nitro groups is 1. The number of para-hydroxylation sites is 1. The van der Waals surface area contributed by atoms with Crippen molar-refractivity contribution in [1.82, 2.24) is 9.62 Å². The molecule has 32 heavy (non-hydrogen) atoms. The highest BCUT2D eigenvalue weighted by molar-refractivity contribution is 7.89. The van der Waals surface area contributed by atoms with Gasteiger partial charge in [0.1, 0.15) is 12.7 Å². The average molecular weight is 482 g/mol. The predicted molar refractivity (Wildman–Crippen MR) is 119 cm³/mol. The first kappa shape index (κ1) is 22.8. The number of ether oxygens (including phenoxy) is 2. The van der Waals surface area contributed by atoms with Crippen molar-refractivity contribution in [2.75, 3.05) is 32.8 Å². The van der Waals surface area contributed by atoms with Crippen molar-refractivity contribution in [1.29, 1.82) is 0 Å². The zero-order valence-corrected chi connectivity index (χ0v) is 18.8. The average Bonchev–Trinajstić information content (AvgIpc) is 2.78. The fourth-order valence-corrected chi connectivity index (χ4v) is 5.43. The van der Waals surface area contributed by atoms with Gasteiger partial charge in [-0.25, -0.2) is 13.1 Å². The van der Waals surface area contributed by atoms with E-state index in [1.165, 1.54) is 24.3 Å². The molecule has 1 saturated heterocycles. The van der Waals surface area contributed by atoms with Crippen LogP contribution >= 0.6 is 11.6 Å². The summed E-state index contributed by atoms with van der Waals surface area (Å²) in [6.07, 6.45) is 1.53.